The molecule has 61 heavy (non-hydrogen) atoms. The van der Waals surface area contributed by atoms with E-state index >= 15 is 0 Å². The number of hydrogen-bond donors (Lipinski definition) is 0. The van der Waals surface area contributed by atoms with Crippen molar-refractivity contribution < 1.29 is 0 Å². The maximum atomic E-state index is 5.51. The second-order valence-corrected chi connectivity index (χ2v) is 15.7. The van der Waals surface area contributed by atoms with E-state index in [1.54, 1.807) is 0 Å². The second kappa shape index (κ2) is 14.3. The molecule has 0 spiro atoms. The Morgan fingerprint density at radius 1 is 0.311 bits per heavy atom. The van der Waals surface area contributed by atoms with Gasteiger partial charge >= 0.3 is 0 Å². The van der Waals surface area contributed by atoms with E-state index in [-0.39, 0.29) is 0 Å². The van der Waals surface area contributed by atoms with Gasteiger partial charge < -0.3 is 4.57 Å². The van der Waals surface area contributed by atoms with Crippen LogP contribution in [0.15, 0.2) is 224 Å². The van der Waals surface area contributed by atoms with Gasteiger partial charge in [0.2, 0.25) is 0 Å². The third-order valence-electron chi connectivity index (χ3n) is 12.2. The monoisotopic (exact) mass is 775 g/mol. The molecule has 0 saturated carbocycles. The Hall–Kier alpha value is -8.14. The summed E-state index contributed by atoms with van der Waals surface area (Å²) < 4.78 is 2.38. The Balaban J connectivity index is 1.15. The normalized spacial score (nSPS) is 11.6. The first-order chi connectivity index (χ1) is 30.3. The number of benzene rings is 10. The van der Waals surface area contributed by atoms with Crippen molar-refractivity contribution in [2.45, 2.75) is 0 Å². The van der Waals surface area contributed by atoms with E-state index in [0.717, 1.165) is 55.8 Å². The molecule has 0 radical (unpaired) electrons. The average Bonchev–Trinajstić information content (AvgIpc) is 3.67. The van der Waals surface area contributed by atoms with Crippen LogP contribution in [0, 0.1) is 0 Å². The van der Waals surface area contributed by atoms with E-state index < -0.39 is 0 Å². The summed E-state index contributed by atoms with van der Waals surface area (Å²) in [5.74, 6) is 0.687. The van der Waals surface area contributed by atoms with Crippen LogP contribution in [-0.4, -0.2) is 14.5 Å². The van der Waals surface area contributed by atoms with Gasteiger partial charge in [-0.05, 0) is 79.5 Å². The Kier molecular flexibility index (Phi) is 8.17. The van der Waals surface area contributed by atoms with E-state index in [4.69, 9.17) is 9.97 Å². The average molecular weight is 776 g/mol. The number of fused-ring (bicyclic) bond motifs is 7. The molecule has 0 aliphatic rings. The van der Waals surface area contributed by atoms with Crippen LogP contribution in [0.3, 0.4) is 0 Å². The molecule has 12 aromatic rings. The lowest BCUT2D eigenvalue weighted by atomic mass is 9.85. The smallest absolute Gasteiger partial charge is 0.160 e. The molecule has 3 heteroatoms. The maximum absolute atomic E-state index is 5.51. The topological polar surface area (TPSA) is 30.7 Å². The number of aromatic nitrogens is 3. The minimum absolute atomic E-state index is 0.687. The summed E-state index contributed by atoms with van der Waals surface area (Å²) in [5.41, 5.74) is 13.0. The van der Waals surface area contributed by atoms with E-state index in [0.29, 0.717) is 5.82 Å². The van der Waals surface area contributed by atoms with Gasteiger partial charge in [0.15, 0.2) is 5.82 Å². The summed E-state index contributed by atoms with van der Waals surface area (Å²) in [7, 11) is 0. The van der Waals surface area contributed by atoms with Crippen LogP contribution in [-0.2, 0) is 0 Å². The first kappa shape index (κ1) is 34.9. The molecule has 2 aromatic heterocycles. The highest BCUT2D eigenvalue weighted by atomic mass is 15.0. The molecule has 0 saturated heterocycles. The first-order valence-corrected chi connectivity index (χ1v) is 20.8. The van der Waals surface area contributed by atoms with Crippen LogP contribution in [0.4, 0.5) is 0 Å². The SMILES string of the molecule is c1ccc(-c2nc(-c3ccccc3-c3ccc4c5ccccc5n(-c5ccccc5)c4c3)cc(-c3c4ccccc4c(-c4ccccc4)c4ccc5ccccc5c34)n2)cc1. The van der Waals surface area contributed by atoms with E-state index in [1.807, 2.05) is 6.07 Å². The van der Waals surface area contributed by atoms with Crippen molar-refractivity contribution in [3.8, 4) is 61.8 Å². The summed E-state index contributed by atoms with van der Waals surface area (Å²) in [5, 5.41) is 9.57. The van der Waals surface area contributed by atoms with E-state index in [2.05, 4.69) is 223 Å². The molecule has 0 aliphatic heterocycles. The third kappa shape index (κ3) is 5.74. The Bertz CT molecular complexity index is 3630. The van der Waals surface area contributed by atoms with Gasteiger partial charge in [0, 0.05) is 38.5 Å². The van der Waals surface area contributed by atoms with Gasteiger partial charge in [0.1, 0.15) is 0 Å². The fraction of sp³-hybridized carbons (Fsp3) is 0. The van der Waals surface area contributed by atoms with Crippen molar-refractivity contribution in [1.82, 2.24) is 14.5 Å². The predicted octanol–water partition coefficient (Wildman–Crippen LogP) is 15.4. The number of rotatable bonds is 6. The molecule has 0 atom stereocenters. The highest BCUT2D eigenvalue weighted by molar-refractivity contribution is 6.27. The molecular weight excluding hydrogens is 739 g/mol. The van der Waals surface area contributed by atoms with Crippen LogP contribution in [0.1, 0.15) is 0 Å². The molecule has 0 fully saturated rings. The van der Waals surface area contributed by atoms with Crippen LogP contribution in [0.5, 0.6) is 0 Å². The Morgan fingerprint density at radius 3 is 1.64 bits per heavy atom. The summed E-state index contributed by atoms with van der Waals surface area (Å²) >= 11 is 0. The van der Waals surface area contributed by atoms with E-state index in [1.165, 1.54) is 54.3 Å². The first-order valence-electron chi connectivity index (χ1n) is 20.8. The zero-order valence-electron chi connectivity index (χ0n) is 33.2. The van der Waals surface area contributed by atoms with Crippen LogP contribution in [0.25, 0.3) is 116 Å². The van der Waals surface area contributed by atoms with Crippen molar-refractivity contribution in [1.29, 1.82) is 0 Å². The third-order valence-corrected chi connectivity index (χ3v) is 12.2. The molecule has 284 valence electrons. The lowest BCUT2D eigenvalue weighted by molar-refractivity contribution is 1.18. The van der Waals surface area contributed by atoms with Gasteiger partial charge in [-0.25, -0.2) is 9.97 Å². The molecule has 0 N–H and O–H groups in total. The maximum Gasteiger partial charge on any atom is 0.160 e. The summed E-state index contributed by atoms with van der Waals surface area (Å²) in [6.45, 7) is 0. The van der Waals surface area contributed by atoms with Crippen LogP contribution >= 0.6 is 0 Å². The number of nitrogens with zero attached hydrogens (tertiary/aromatic N) is 3. The summed E-state index contributed by atoms with van der Waals surface area (Å²) in [4.78, 5) is 10.9. The van der Waals surface area contributed by atoms with Gasteiger partial charge in [-0.3, -0.25) is 0 Å². The van der Waals surface area contributed by atoms with Gasteiger partial charge in [-0.2, -0.15) is 0 Å². The van der Waals surface area contributed by atoms with Crippen molar-refractivity contribution in [2.75, 3.05) is 0 Å². The van der Waals surface area contributed by atoms with Gasteiger partial charge in [-0.15, -0.1) is 0 Å². The van der Waals surface area contributed by atoms with Crippen LogP contribution in [0.2, 0.25) is 0 Å². The van der Waals surface area contributed by atoms with Gasteiger partial charge in [-0.1, -0.05) is 194 Å². The Morgan fingerprint density at radius 2 is 0.869 bits per heavy atom. The fourth-order valence-corrected chi connectivity index (χ4v) is 9.51. The van der Waals surface area contributed by atoms with E-state index in [9.17, 15) is 0 Å². The molecule has 0 bridgehead atoms. The molecule has 10 aromatic carbocycles. The number of para-hydroxylation sites is 2. The Labute approximate surface area is 353 Å². The standard InChI is InChI=1S/C58H37N3/c1-4-19-39(20-5-1)55-48-29-14-15-30-49(48)57(56-44-26-11-10-18-38(44)32-35-50(55)56)52-37-51(59-58(60-52)40-21-6-2-7-22-40)45-27-13-12-25-43(45)41-33-34-47-46-28-16-17-31-53(46)61(54(47)36-41)42-23-8-3-9-24-42/h1-37H. The minimum Gasteiger partial charge on any atom is -0.309 e. The fourth-order valence-electron chi connectivity index (χ4n) is 9.51. The molecule has 0 unspecified atom stereocenters. The van der Waals surface area contributed by atoms with Crippen molar-refractivity contribution in [3.05, 3.63) is 224 Å². The van der Waals surface area contributed by atoms with Crippen molar-refractivity contribution in [3.63, 3.8) is 0 Å². The number of hydrogen-bond acceptors (Lipinski definition) is 2. The second-order valence-electron chi connectivity index (χ2n) is 15.7. The zero-order valence-corrected chi connectivity index (χ0v) is 33.2. The molecular formula is C58H37N3. The summed E-state index contributed by atoms with van der Waals surface area (Å²) in [6.07, 6.45) is 0. The largest absolute Gasteiger partial charge is 0.309 e. The molecule has 2 heterocycles. The molecule has 0 aliphatic carbocycles. The van der Waals surface area contributed by atoms with Crippen molar-refractivity contribution >= 4 is 54.1 Å². The minimum atomic E-state index is 0.687. The molecule has 3 nitrogen and oxygen atoms in total. The lowest BCUT2D eigenvalue weighted by Gasteiger charge is -2.20. The van der Waals surface area contributed by atoms with Gasteiger partial charge in [0.25, 0.3) is 0 Å². The highest BCUT2D eigenvalue weighted by Crippen LogP contribution is 2.47. The van der Waals surface area contributed by atoms with Gasteiger partial charge in [0.05, 0.1) is 22.4 Å². The van der Waals surface area contributed by atoms with Crippen LogP contribution < -0.4 is 0 Å². The lowest BCUT2D eigenvalue weighted by Crippen LogP contribution is -1.99. The zero-order chi connectivity index (χ0) is 40.3. The quantitative estimate of drug-likeness (QED) is 0.124. The molecule has 12 rings (SSSR count). The summed E-state index contributed by atoms with van der Waals surface area (Å²) in [6, 6.07) is 80.4. The van der Waals surface area contributed by atoms with Crippen molar-refractivity contribution in [2.24, 2.45) is 0 Å². The molecule has 0 amide bonds. The predicted molar refractivity (Wildman–Crippen MR) is 256 cm³/mol. The highest BCUT2D eigenvalue weighted by Gasteiger charge is 2.22.